The molecule has 0 atom stereocenters. The Morgan fingerprint density at radius 1 is 1.11 bits per heavy atom. The summed E-state index contributed by atoms with van der Waals surface area (Å²) in [6, 6.07) is 8.67. The van der Waals surface area contributed by atoms with Crippen LogP contribution >= 0.6 is 0 Å². The normalized spacial score (nSPS) is 17.3. The molecule has 1 saturated carbocycles. The molecule has 1 fully saturated rings. The molecule has 1 heterocycles. The fraction of sp³-hybridized carbons (Fsp3) is 0.500. The summed E-state index contributed by atoms with van der Waals surface area (Å²) in [5.74, 6) is 0.907. The first-order valence-corrected chi connectivity index (χ1v) is 7.19. The molecule has 3 rings (SSSR count). The monoisotopic (exact) mass is 242 g/mol. The molecule has 96 valence electrons. The minimum Gasteiger partial charge on any atom is -0.361 e. The van der Waals surface area contributed by atoms with Crippen LogP contribution in [0.1, 0.15) is 37.7 Å². The van der Waals surface area contributed by atoms with Crippen LogP contribution in [0.25, 0.3) is 10.9 Å². The Bertz CT molecular complexity index is 495. The van der Waals surface area contributed by atoms with Gasteiger partial charge in [-0.05, 0) is 43.0 Å². The number of fused-ring (bicyclic) bond motifs is 1. The minimum absolute atomic E-state index is 0.907. The summed E-state index contributed by atoms with van der Waals surface area (Å²) < 4.78 is 0. The van der Waals surface area contributed by atoms with Gasteiger partial charge in [0, 0.05) is 23.6 Å². The van der Waals surface area contributed by atoms with E-state index < -0.39 is 0 Å². The van der Waals surface area contributed by atoms with E-state index in [1.54, 1.807) is 0 Å². The molecule has 0 aliphatic heterocycles. The molecule has 0 saturated heterocycles. The van der Waals surface area contributed by atoms with Crippen LogP contribution in [0.5, 0.6) is 0 Å². The maximum atomic E-state index is 3.64. The van der Waals surface area contributed by atoms with E-state index in [0.717, 1.165) is 12.5 Å². The van der Waals surface area contributed by atoms with E-state index in [1.165, 1.54) is 55.1 Å². The SMILES string of the molecule is c1cc(CNCC2CCCCC2)c2cc[nH]c2c1. The largest absolute Gasteiger partial charge is 0.361 e. The van der Waals surface area contributed by atoms with Crippen LogP contribution in [-0.2, 0) is 6.54 Å². The summed E-state index contributed by atoms with van der Waals surface area (Å²) >= 11 is 0. The lowest BCUT2D eigenvalue weighted by molar-refractivity contribution is 0.342. The van der Waals surface area contributed by atoms with Gasteiger partial charge in [-0.1, -0.05) is 31.4 Å². The predicted octanol–water partition coefficient (Wildman–Crippen LogP) is 3.84. The number of rotatable bonds is 4. The molecular formula is C16H22N2. The van der Waals surface area contributed by atoms with Crippen LogP contribution in [0.4, 0.5) is 0 Å². The Morgan fingerprint density at radius 3 is 2.89 bits per heavy atom. The topological polar surface area (TPSA) is 27.8 Å². The Kier molecular flexibility index (Phi) is 3.65. The summed E-state index contributed by atoms with van der Waals surface area (Å²) in [7, 11) is 0. The first-order valence-electron chi connectivity index (χ1n) is 7.19. The van der Waals surface area contributed by atoms with Crippen molar-refractivity contribution in [3.8, 4) is 0 Å². The maximum Gasteiger partial charge on any atom is 0.0457 e. The summed E-state index contributed by atoms with van der Waals surface area (Å²) in [6.45, 7) is 2.17. The second-order valence-electron chi connectivity index (χ2n) is 5.49. The maximum absolute atomic E-state index is 3.64. The number of nitrogens with one attached hydrogen (secondary N) is 2. The molecule has 0 amide bonds. The van der Waals surface area contributed by atoms with E-state index in [4.69, 9.17) is 0 Å². The zero-order valence-electron chi connectivity index (χ0n) is 10.9. The third-order valence-corrected chi connectivity index (χ3v) is 4.16. The molecule has 1 aromatic carbocycles. The summed E-state index contributed by atoms with van der Waals surface area (Å²) in [5, 5.41) is 4.99. The number of aromatic nitrogens is 1. The second-order valence-corrected chi connectivity index (χ2v) is 5.49. The van der Waals surface area contributed by atoms with Gasteiger partial charge in [0.1, 0.15) is 0 Å². The van der Waals surface area contributed by atoms with Gasteiger partial charge in [-0.2, -0.15) is 0 Å². The van der Waals surface area contributed by atoms with Crippen molar-refractivity contribution in [3.63, 3.8) is 0 Å². The third kappa shape index (κ3) is 2.59. The van der Waals surface area contributed by atoms with Gasteiger partial charge in [-0.25, -0.2) is 0 Å². The average Bonchev–Trinajstić information content (AvgIpc) is 2.89. The zero-order valence-corrected chi connectivity index (χ0v) is 10.9. The van der Waals surface area contributed by atoms with Gasteiger partial charge in [0.25, 0.3) is 0 Å². The van der Waals surface area contributed by atoms with E-state index in [2.05, 4.69) is 34.6 Å². The van der Waals surface area contributed by atoms with Gasteiger partial charge in [0.15, 0.2) is 0 Å². The molecular weight excluding hydrogens is 220 g/mol. The van der Waals surface area contributed by atoms with Gasteiger partial charge < -0.3 is 10.3 Å². The van der Waals surface area contributed by atoms with Crippen LogP contribution in [0.2, 0.25) is 0 Å². The highest BCUT2D eigenvalue weighted by Crippen LogP contribution is 2.23. The summed E-state index contributed by atoms with van der Waals surface area (Å²) in [4.78, 5) is 3.27. The zero-order chi connectivity index (χ0) is 12.2. The van der Waals surface area contributed by atoms with Crippen LogP contribution in [-0.4, -0.2) is 11.5 Å². The highest BCUT2D eigenvalue weighted by atomic mass is 14.9. The predicted molar refractivity (Wildman–Crippen MR) is 76.6 cm³/mol. The van der Waals surface area contributed by atoms with Crippen LogP contribution < -0.4 is 5.32 Å². The second kappa shape index (κ2) is 5.57. The molecule has 0 unspecified atom stereocenters. The lowest BCUT2D eigenvalue weighted by Crippen LogP contribution is -2.24. The van der Waals surface area contributed by atoms with E-state index in [0.29, 0.717) is 0 Å². The Hall–Kier alpha value is -1.28. The molecule has 1 aliphatic rings. The van der Waals surface area contributed by atoms with Crippen molar-refractivity contribution < 1.29 is 0 Å². The molecule has 0 radical (unpaired) electrons. The number of hydrogen-bond acceptors (Lipinski definition) is 1. The quantitative estimate of drug-likeness (QED) is 0.837. The Balaban J connectivity index is 1.57. The van der Waals surface area contributed by atoms with Crippen molar-refractivity contribution in [3.05, 3.63) is 36.0 Å². The molecule has 1 aliphatic carbocycles. The van der Waals surface area contributed by atoms with E-state index in [-0.39, 0.29) is 0 Å². The Morgan fingerprint density at radius 2 is 2.00 bits per heavy atom. The van der Waals surface area contributed by atoms with Crippen molar-refractivity contribution in [1.82, 2.24) is 10.3 Å². The van der Waals surface area contributed by atoms with E-state index in [9.17, 15) is 0 Å². The number of H-pyrrole nitrogens is 1. The molecule has 2 N–H and O–H groups in total. The summed E-state index contributed by atoms with van der Waals surface area (Å²) in [5.41, 5.74) is 2.65. The molecule has 18 heavy (non-hydrogen) atoms. The first kappa shape index (κ1) is 11.8. The molecule has 0 spiro atoms. The molecule has 0 bridgehead atoms. The van der Waals surface area contributed by atoms with Gasteiger partial charge >= 0.3 is 0 Å². The van der Waals surface area contributed by atoms with Crippen molar-refractivity contribution in [2.24, 2.45) is 5.92 Å². The van der Waals surface area contributed by atoms with E-state index in [1.807, 2.05) is 6.20 Å². The lowest BCUT2D eigenvalue weighted by atomic mass is 9.89. The average molecular weight is 242 g/mol. The number of aromatic amines is 1. The molecule has 1 aromatic heterocycles. The van der Waals surface area contributed by atoms with Gasteiger partial charge in [0.05, 0.1) is 0 Å². The molecule has 2 heteroatoms. The Labute approximate surface area is 109 Å². The van der Waals surface area contributed by atoms with Crippen molar-refractivity contribution in [2.45, 2.75) is 38.6 Å². The van der Waals surface area contributed by atoms with Crippen molar-refractivity contribution in [2.75, 3.05) is 6.54 Å². The van der Waals surface area contributed by atoms with Crippen LogP contribution in [0.15, 0.2) is 30.5 Å². The van der Waals surface area contributed by atoms with Crippen molar-refractivity contribution >= 4 is 10.9 Å². The van der Waals surface area contributed by atoms with Crippen LogP contribution in [0.3, 0.4) is 0 Å². The smallest absolute Gasteiger partial charge is 0.0457 e. The highest BCUT2D eigenvalue weighted by Gasteiger charge is 2.12. The van der Waals surface area contributed by atoms with Gasteiger partial charge in [0.2, 0.25) is 0 Å². The lowest BCUT2D eigenvalue weighted by Gasteiger charge is -2.21. The highest BCUT2D eigenvalue weighted by molar-refractivity contribution is 5.82. The molecule has 2 aromatic rings. The number of hydrogen-bond donors (Lipinski definition) is 2. The first-order chi connectivity index (χ1) is 8.93. The number of benzene rings is 1. The fourth-order valence-corrected chi connectivity index (χ4v) is 3.11. The standard InChI is InChI=1S/C16H22N2/c1-2-5-13(6-3-1)11-17-12-14-7-4-8-16-15(14)9-10-18-16/h4,7-10,13,17-18H,1-3,5-6,11-12H2. The summed E-state index contributed by atoms with van der Waals surface area (Å²) in [6.07, 6.45) is 9.16. The minimum atomic E-state index is 0.907. The van der Waals surface area contributed by atoms with Gasteiger partial charge in [-0.3, -0.25) is 0 Å². The van der Waals surface area contributed by atoms with Crippen molar-refractivity contribution in [1.29, 1.82) is 0 Å². The van der Waals surface area contributed by atoms with E-state index >= 15 is 0 Å². The fourth-order valence-electron chi connectivity index (χ4n) is 3.11. The third-order valence-electron chi connectivity index (χ3n) is 4.16. The van der Waals surface area contributed by atoms with Crippen LogP contribution in [0, 0.1) is 5.92 Å². The molecule has 2 nitrogen and oxygen atoms in total. The van der Waals surface area contributed by atoms with Gasteiger partial charge in [-0.15, -0.1) is 0 Å².